The first-order chi connectivity index (χ1) is 16.0. The van der Waals surface area contributed by atoms with Crippen molar-refractivity contribution in [3.05, 3.63) is 89.1 Å². The van der Waals surface area contributed by atoms with E-state index in [0.29, 0.717) is 31.8 Å². The second-order valence-electron chi connectivity index (χ2n) is 9.57. The molecule has 0 bridgehead atoms. The van der Waals surface area contributed by atoms with Crippen LogP contribution >= 0.6 is 0 Å². The van der Waals surface area contributed by atoms with E-state index < -0.39 is 0 Å². The Hall–Kier alpha value is -3.40. The summed E-state index contributed by atoms with van der Waals surface area (Å²) in [6, 6.07) is 22.4. The normalized spacial score (nSPS) is 20.7. The number of allylic oxidation sites excluding steroid dienone is 2. The largest absolute Gasteiger partial charge is 0.493 e. The number of carbonyl (C=O) groups excluding carboxylic acids is 2. The number of nitrogens with one attached hydrogen (secondary N) is 1. The molecule has 1 aliphatic heterocycles. The quantitative estimate of drug-likeness (QED) is 0.540. The monoisotopic (exact) mass is 439 g/mol. The van der Waals surface area contributed by atoms with Gasteiger partial charge >= 0.3 is 0 Å². The zero-order chi connectivity index (χ0) is 22.9. The van der Waals surface area contributed by atoms with Crippen LogP contribution in [-0.2, 0) is 9.59 Å². The first kappa shape index (κ1) is 21.4. The lowest BCUT2D eigenvalue weighted by molar-refractivity contribution is -0.122. The SMILES string of the molecule is CC(C)COc1ccc(C2CC(=O)C3=C(C2)NC(=O)CC3c2cccc3ccccc23)cc1. The number of Topliss-reactive ketones (excluding diaryl/α,β-unsaturated/α-hetero) is 1. The highest BCUT2D eigenvalue weighted by molar-refractivity contribution is 6.03. The maximum absolute atomic E-state index is 13.4. The van der Waals surface area contributed by atoms with E-state index >= 15 is 0 Å². The van der Waals surface area contributed by atoms with E-state index in [4.69, 9.17) is 4.74 Å². The molecule has 0 aromatic heterocycles. The second-order valence-corrected chi connectivity index (χ2v) is 9.57. The van der Waals surface area contributed by atoms with Gasteiger partial charge in [-0.05, 0) is 52.3 Å². The average molecular weight is 440 g/mol. The Bertz CT molecular complexity index is 1230. The lowest BCUT2D eigenvalue weighted by Crippen LogP contribution is -2.38. The van der Waals surface area contributed by atoms with Crippen LogP contribution in [-0.4, -0.2) is 18.3 Å². The van der Waals surface area contributed by atoms with E-state index in [9.17, 15) is 9.59 Å². The molecule has 1 aliphatic carbocycles. The Morgan fingerprint density at radius 1 is 0.909 bits per heavy atom. The van der Waals surface area contributed by atoms with Crippen LogP contribution in [0.4, 0.5) is 0 Å². The van der Waals surface area contributed by atoms with E-state index in [1.165, 1.54) is 0 Å². The van der Waals surface area contributed by atoms with Crippen molar-refractivity contribution < 1.29 is 14.3 Å². The van der Waals surface area contributed by atoms with E-state index in [2.05, 4.69) is 43.4 Å². The van der Waals surface area contributed by atoms with Gasteiger partial charge in [0.25, 0.3) is 0 Å². The average Bonchev–Trinajstić information content (AvgIpc) is 2.82. The first-order valence-electron chi connectivity index (χ1n) is 11.8. The van der Waals surface area contributed by atoms with Gasteiger partial charge in [-0.1, -0.05) is 68.4 Å². The molecule has 3 aromatic rings. The Balaban J connectivity index is 1.45. The van der Waals surface area contributed by atoms with Crippen LogP contribution in [0, 0.1) is 5.92 Å². The molecule has 0 saturated heterocycles. The van der Waals surface area contributed by atoms with Gasteiger partial charge in [-0.3, -0.25) is 9.59 Å². The van der Waals surface area contributed by atoms with Gasteiger partial charge in [-0.25, -0.2) is 0 Å². The molecule has 4 nitrogen and oxygen atoms in total. The summed E-state index contributed by atoms with van der Waals surface area (Å²) in [6.07, 6.45) is 1.44. The molecule has 33 heavy (non-hydrogen) atoms. The number of amides is 1. The number of ketones is 1. The van der Waals surface area contributed by atoms with E-state index in [0.717, 1.165) is 38.9 Å². The second kappa shape index (κ2) is 8.86. The van der Waals surface area contributed by atoms with Crippen molar-refractivity contribution in [2.75, 3.05) is 6.61 Å². The van der Waals surface area contributed by atoms with Gasteiger partial charge in [0.15, 0.2) is 5.78 Å². The Kier molecular flexibility index (Phi) is 5.76. The van der Waals surface area contributed by atoms with Crippen LogP contribution in [0.25, 0.3) is 10.8 Å². The molecular formula is C29H29NO3. The molecule has 4 heteroatoms. The fraction of sp³-hybridized carbons (Fsp3) is 0.310. The highest BCUT2D eigenvalue weighted by Crippen LogP contribution is 2.44. The van der Waals surface area contributed by atoms with Gasteiger partial charge in [0.2, 0.25) is 5.91 Å². The summed E-state index contributed by atoms with van der Waals surface area (Å²) < 4.78 is 5.80. The summed E-state index contributed by atoms with van der Waals surface area (Å²) in [5, 5.41) is 5.27. The maximum Gasteiger partial charge on any atom is 0.225 e. The van der Waals surface area contributed by atoms with Crippen molar-refractivity contribution >= 4 is 22.5 Å². The van der Waals surface area contributed by atoms with Crippen molar-refractivity contribution in [3.8, 4) is 5.75 Å². The van der Waals surface area contributed by atoms with Crippen molar-refractivity contribution in [1.29, 1.82) is 0 Å². The van der Waals surface area contributed by atoms with E-state index in [-0.39, 0.29) is 23.5 Å². The zero-order valence-corrected chi connectivity index (χ0v) is 19.1. The predicted molar refractivity (Wildman–Crippen MR) is 130 cm³/mol. The van der Waals surface area contributed by atoms with Crippen LogP contribution in [0.5, 0.6) is 5.75 Å². The fourth-order valence-corrected chi connectivity index (χ4v) is 5.11. The smallest absolute Gasteiger partial charge is 0.225 e. The van der Waals surface area contributed by atoms with Crippen LogP contribution in [0.1, 0.15) is 56.1 Å². The highest BCUT2D eigenvalue weighted by atomic mass is 16.5. The molecule has 3 aromatic carbocycles. The third kappa shape index (κ3) is 4.30. The Morgan fingerprint density at radius 3 is 2.45 bits per heavy atom. The van der Waals surface area contributed by atoms with Crippen molar-refractivity contribution in [3.63, 3.8) is 0 Å². The van der Waals surface area contributed by atoms with Crippen LogP contribution < -0.4 is 10.1 Å². The number of benzene rings is 3. The summed E-state index contributed by atoms with van der Waals surface area (Å²) >= 11 is 0. The topological polar surface area (TPSA) is 55.4 Å². The molecule has 168 valence electrons. The minimum atomic E-state index is -0.194. The summed E-state index contributed by atoms with van der Waals surface area (Å²) in [5.41, 5.74) is 3.76. The molecule has 2 aliphatic rings. The molecule has 1 heterocycles. The molecule has 0 radical (unpaired) electrons. The predicted octanol–water partition coefficient (Wildman–Crippen LogP) is 5.88. The van der Waals surface area contributed by atoms with E-state index in [1.807, 2.05) is 42.5 Å². The minimum Gasteiger partial charge on any atom is -0.493 e. The van der Waals surface area contributed by atoms with Crippen molar-refractivity contribution in [2.24, 2.45) is 5.92 Å². The molecule has 0 saturated carbocycles. The van der Waals surface area contributed by atoms with E-state index in [1.54, 1.807) is 0 Å². The molecule has 1 N–H and O–H groups in total. The van der Waals surface area contributed by atoms with Gasteiger partial charge in [0, 0.05) is 30.0 Å². The molecule has 5 rings (SSSR count). The molecular weight excluding hydrogens is 410 g/mol. The number of fused-ring (bicyclic) bond motifs is 1. The molecule has 2 atom stereocenters. The Labute approximate surface area is 194 Å². The number of carbonyl (C=O) groups is 2. The van der Waals surface area contributed by atoms with Crippen molar-refractivity contribution in [1.82, 2.24) is 5.32 Å². The van der Waals surface area contributed by atoms with Gasteiger partial charge in [-0.2, -0.15) is 0 Å². The Morgan fingerprint density at radius 2 is 1.67 bits per heavy atom. The lowest BCUT2D eigenvalue weighted by atomic mass is 9.73. The zero-order valence-electron chi connectivity index (χ0n) is 19.1. The molecule has 2 unspecified atom stereocenters. The third-order valence-electron chi connectivity index (χ3n) is 6.67. The summed E-state index contributed by atoms with van der Waals surface area (Å²) in [5.74, 6) is 1.30. The standard InChI is InChI=1S/C29H29NO3/c1-18(2)17-33-22-12-10-19(11-13-22)21-14-26-29(27(31)15-21)25(16-28(32)30-26)24-9-5-7-20-6-3-4-8-23(20)24/h3-13,18,21,25H,14-17H2,1-2H3,(H,30,32). The first-order valence-corrected chi connectivity index (χ1v) is 11.8. The summed E-state index contributed by atoms with van der Waals surface area (Å²) in [4.78, 5) is 26.1. The highest BCUT2D eigenvalue weighted by Gasteiger charge is 2.38. The number of hydrogen-bond acceptors (Lipinski definition) is 3. The number of hydrogen-bond donors (Lipinski definition) is 1. The fourth-order valence-electron chi connectivity index (χ4n) is 5.11. The van der Waals surface area contributed by atoms with Crippen LogP contribution in [0.2, 0.25) is 0 Å². The molecule has 1 amide bonds. The van der Waals surface area contributed by atoms with Crippen molar-refractivity contribution in [2.45, 2.75) is 44.9 Å². The number of ether oxygens (including phenoxy) is 1. The third-order valence-corrected chi connectivity index (χ3v) is 6.67. The van der Waals surface area contributed by atoms with Crippen LogP contribution in [0.15, 0.2) is 78.0 Å². The van der Waals surface area contributed by atoms with Gasteiger partial charge in [-0.15, -0.1) is 0 Å². The van der Waals surface area contributed by atoms with Crippen LogP contribution in [0.3, 0.4) is 0 Å². The van der Waals surface area contributed by atoms with Gasteiger partial charge < -0.3 is 10.1 Å². The minimum absolute atomic E-state index is 0.0161. The summed E-state index contributed by atoms with van der Waals surface area (Å²) in [7, 11) is 0. The molecule has 0 spiro atoms. The maximum atomic E-state index is 13.4. The summed E-state index contributed by atoms with van der Waals surface area (Å²) in [6.45, 7) is 4.92. The van der Waals surface area contributed by atoms with Gasteiger partial charge in [0.1, 0.15) is 5.75 Å². The lowest BCUT2D eigenvalue weighted by Gasteiger charge is -2.35. The number of rotatable bonds is 5. The van der Waals surface area contributed by atoms with Gasteiger partial charge in [0.05, 0.1) is 6.61 Å². The molecule has 0 fully saturated rings.